The van der Waals surface area contributed by atoms with E-state index in [0.29, 0.717) is 62.9 Å². The smallest absolute Gasteiger partial charge is 0.410 e. The maximum atomic E-state index is 14.4. The highest BCUT2D eigenvalue weighted by Crippen LogP contribution is 2.28. The second kappa shape index (κ2) is 14.1. The van der Waals surface area contributed by atoms with Gasteiger partial charge in [-0.2, -0.15) is 11.8 Å². The minimum Gasteiger partial charge on any atom is -0.444 e. The molecule has 236 valence electrons. The molecule has 0 saturated carbocycles. The second-order valence-electron chi connectivity index (χ2n) is 13.7. The minimum atomic E-state index is -0.666. The Bertz CT molecular complexity index is 1100. The molecule has 0 aliphatic carbocycles. The van der Waals surface area contributed by atoms with Crippen LogP contribution >= 0.6 is 11.8 Å². The molecule has 12 heteroatoms. The van der Waals surface area contributed by atoms with Crippen molar-refractivity contribution in [3.8, 4) is 0 Å². The third-order valence-corrected chi connectivity index (χ3v) is 7.86. The molecule has 0 radical (unpaired) electrons. The molecular weight excluding hydrogens is 554 g/mol. The summed E-state index contributed by atoms with van der Waals surface area (Å²) in [7, 11) is 0. The van der Waals surface area contributed by atoms with Gasteiger partial charge in [-0.15, -0.1) is 0 Å². The van der Waals surface area contributed by atoms with Crippen molar-refractivity contribution in [2.24, 2.45) is 5.92 Å². The summed E-state index contributed by atoms with van der Waals surface area (Å²) in [5, 5.41) is 6.28. The average molecular weight is 606 g/mol. The van der Waals surface area contributed by atoms with E-state index < -0.39 is 11.7 Å². The van der Waals surface area contributed by atoms with E-state index in [-0.39, 0.29) is 35.4 Å². The number of likely N-dealkylation sites (tertiary alicyclic amines) is 1. The van der Waals surface area contributed by atoms with E-state index in [9.17, 15) is 14.4 Å². The van der Waals surface area contributed by atoms with Crippen molar-refractivity contribution in [1.82, 2.24) is 30.0 Å². The predicted octanol–water partition coefficient (Wildman–Crippen LogP) is 4.44. The van der Waals surface area contributed by atoms with E-state index in [1.54, 1.807) is 27.8 Å². The Morgan fingerprint density at radius 1 is 1.21 bits per heavy atom. The van der Waals surface area contributed by atoms with Gasteiger partial charge in [0, 0.05) is 50.9 Å². The molecule has 4 amide bonds. The van der Waals surface area contributed by atoms with Crippen LogP contribution in [-0.2, 0) is 10.2 Å². The average Bonchev–Trinajstić information content (AvgIpc) is 3.33. The summed E-state index contributed by atoms with van der Waals surface area (Å²) >= 11 is 1.78. The molecule has 1 aromatic rings. The van der Waals surface area contributed by atoms with Gasteiger partial charge in [-0.05, 0) is 51.5 Å². The van der Waals surface area contributed by atoms with Gasteiger partial charge in [0.1, 0.15) is 22.8 Å². The second-order valence-corrected chi connectivity index (χ2v) is 14.7. The van der Waals surface area contributed by atoms with E-state index in [4.69, 9.17) is 9.72 Å². The maximum Gasteiger partial charge on any atom is 0.410 e. The number of ether oxygens (including phenoxy) is 1. The zero-order valence-electron chi connectivity index (χ0n) is 27.0. The highest BCUT2D eigenvalue weighted by atomic mass is 32.2. The van der Waals surface area contributed by atoms with E-state index >= 15 is 0 Å². The van der Waals surface area contributed by atoms with Gasteiger partial charge in [-0.3, -0.25) is 4.79 Å². The van der Waals surface area contributed by atoms with Crippen LogP contribution in [0.2, 0.25) is 0 Å². The molecule has 11 nitrogen and oxygen atoms in total. The van der Waals surface area contributed by atoms with Crippen molar-refractivity contribution in [1.29, 1.82) is 0 Å². The molecular formula is C30H51N7O4S. The van der Waals surface area contributed by atoms with Crippen molar-refractivity contribution in [3.05, 3.63) is 17.6 Å². The van der Waals surface area contributed by atoms with Crippen LogP contribution in [0.5, 0.6) is 0 Å². The lowest BCUT2D eigenvalue weighted by Gasteiger charge is -2.45. The molecule has 1 aromatic heterocycles. The van der Waals surface area contributed by atoms with Crippen LogP contribution in [0.25, 0.3) is 0 Å². The number of nitrogens with zero attached hydrogens (tertiary/aromatic N) is 5. The summed E-state index contributed by atoms with van der Waals surface area (Å²) in [6.45, 7) is 18.8. The number of amides is 4. The fourth-order valence-corrected chi connectivity index (χ4v) is 5.65. The Morgan fingerprint density at radius 2 is 1.93 bits per heavy atom. The summed E-state index contributed by atoms with van der Waals surface area (Å²) in [6.07, 6.45) is 4.77. The summed E-state index contributed by atoms with van der Waals surface area (Å²) < 4.78 is 5.73. The lowest BCUT2D eigenvalue weighted by atomic mass is 9.95. The van der Waals surface area contributed by atoms with Crippen molar-refractivity contribution in [3.63, 3.8) is 0 Å². The van der Waals surface area contributed by atoms with Gasteiger partial charge in [-0.25, -0.2) is 19.6 Å². The molecule has 2 atom stereocenters. The fraction of sp³-hybridized carbons (Fsp3) is 0.767. The highest BCUT2D eigenvalue weighted by Gasteiger charge is 2.41. The Hall–Kier alpha value is -2.76. The molecule has 1 unspecified atom stereocenters. The van der Waals surface area contributed by atoms with Crippen LogP contribution in [0.3, 0.4) is 0 Å². The van der Waals surface area contributed by atoms with Gasteiger partial charge in [0.2, 0.25) is 0 Å². The Kier molecular flexibility index (Phi) is 11.4. The lowest BCUT2D eigenvalue weighted by molar-refractivity contribution is -0.00210. The number of hydrogen-bond donors (Lipinski definition) is 2. The summed E-state index contributed by atoms with van der Waals surface area (Å²) in [6, 6.07) is -0.717. The molecule has 2 aliphatic heterocycles. The monoisotopic (exact) mass is 605 g/mol. The first-order valence-electron chi connectivity index (χ1n) is 15.0. The number of thioether (sulfide) groups is 1. The number of hydrogen-bond acceptors (Lipinski definition) is 8. The zero-order chi connectivity index (χ0) is 31.2. The van der Waals surface area contributed by atoms with Crippen LogP contribution in [0.15, 0.2) is 6.20 Å². The third-order valence-electron chi connectivity index (χ3n) is 7.16. The van der Waals surface area contributed by atoms with E-state index in [0.717, 1.165) is 12.2 Å². The van der Waals surface area contributed by atoms with E-state index in [1.165, 1.54) is 0 Å². The predicted molar refractivity (Wildman–Crippen MR) is 168 cm³/mol. The SMILES string of the molecule is CSCCCNc1nc(C(C)(C)C)ncc1C(=O)N(CC(C)C)[C@H]1CC(N2CCNC2=O)CN(C(=O)OC(C)(C)C)C1. The van der Waals surface area contributed by atoms with Crippen LogP contribution < -0.4 is 10.6 Å². The number of nitrogens with one attached hydrogen (secondary N) is 2. The Morgan fingerprint density at radius 3 is 2.50 bits per heavy atom. The summed E-state index contributed by atoms with van der Waals surface area (Å²) in [5.74, 6) is 2.19. The molecule has 2 saturated heterocycles. The Labute approximate surface area is 255 Å². The molecule has 2 aliphatic rings. The topological polar surface area (TPSA) is 120 Å². The first-order valence-corrected chi connectivity index (χ1v) is 16.4. The first kappa shape index (κ1) is 33.7. The minimum absolute atomic E-state index is 0.144. The number of rotatable bonds is 10. The quantitative estimate of drug-likeness (QED) is 0.376. The maximum absolute atomic E-state index is 14.4. The van der Waals surface area contributed by atoms with Crippen LogP contribution in [-0.4, -0.2) is 112 Å². The number of anilines is 1. The molecule has 42 heavy (non-hydrogen) atoms. The number of carbonyl (C=O) groups is 3. The number of piperidine rings is 1. The van der Waals surface area contributed by atoms with Gasteiger partial charge in [0.05, 0.1) is 12.1 Å². The summed E-state index contributed by atoms with van der Waals surface area (Å²) in [5.41, 5.74) is -0.533. The molecule has 3 rings (SSSR count). The molecule has 3 heterocycles. The third kappa shape index (κ3) is 9.12. The van der Waals surface area contributed by atoms with Crippen molar-refractivity contribution in [2.45, 2.75) is 91.3 Å². The van der Waals surface area contributed by atoms with Gasteiger partial charge < -0.3 is 30.1 Å². The number of urea groups is 1. The normalized spacial score (nSPS) is 19.6. The number of aromatic nitrogens is 2. The standard InChI is InChI=1S/C30H51N7O4S/c1-20(2)17-37(25(38)23-16-33-26(29(3,4)5)34-24(23)31-11-10-14-42-9)22-15-21(36-13-12-32-27(36)39)18-35(19-22)28(40)41-30(6,7)8/h16,20-22H,10-15,17-19H2,1-9H3,(H,32,39)(H,31,33,34)/t21?,22-/m0/s1. The van der Waals surface area contributed by atoms with E-state index in [1.807, 2.05) is 46.4 Å². The van der Waals surface area contributed by atoms with Crippen molar-refractivity contribution < 1.29 is 19.1 Å². The molecule has 0 spiro atoms. The van der Waals surface area contributed by atoms with Gasteiger partial charge in [-0.1, -0.05) is 34.6 Å². The first-order chi connectivity index (χ1) is 19.6. The van der Waals surface area contributed by atoms with Crippen LogP contribution in [0.4, 0.5) is 15.4 Å². The van der Waals surface area contributed by atoms with Crippen molar-refractivity contribution >= 4 is 35.6 Å². The zero-order valence-corrected chi connectivity index (χ0v) is 27.8. The number of carbonyl (C=O) groups excluding carboxylic acids is 3. The summed E-state index contributed by atoms with van der Waals surface area (Å²) in [4.78, 5) is 55.1. The van der Waals surface area contributed by atoms with Gasteiger partial charge in [0.15, 0.2) is 0 Å². The molecule has 0 aromatic carbocycles. The molecule has 0 bridgehead atoms. The van der Waals surface area contributed by atoms with Gasteiger partial charge >= 0.3 is 12.1 Å². The molecule has 2 fully saturated rings. The van der Waals surface area contributed by atoms with Crippen LogP contribution in [0.1, 0.15) is 84.4 Å². The van der Waals surface area contributed by atoms with Gasteiger partial charge in [0.25, 0.3) is 5.91 Å². The Balaban J connectivity index is 1.99. The van der Waals surface area contributed by atoms with Crippen molar-refractivity contribution in [2.75, 3.05) is 56.6 Å². The van der Waals surface area contributed by atoms with Crippen LogP contribution in [0, 0.1) is 5.92 Å². The fourth-order valence-electron chi connectivity index (χ4n) is 5.21. The molecule has 2 N–H and O–H groups in total. The van der Waals surface area contributed by atoms with E-state index in [2.05, 4.69) is 35.7 Å². The largest absolute Gasteiger partial charge is 0.444 e. The lowest BCUT2D eigenvalue weighted by Crippen LogP contribution is -2.60. The highest BCUT2D eigenvalue weighted by molar-refractivity contribution is 7.98.